The zero-order chi connectivity index (χ0) is 15.6. The molecule has 1 atom stereocenters. The van der Waals surface area contributed by atoms with Gasteiger partial charge < -0.3 is 14.4 Å². The molecule has 0 fully saturated rings. The van der Waals surface area contributed by atoms with Gasteiger partial charge in [0.25, 0.3) is 0 Å². The van der Waals surface area contributed by atoms with Gasteiger partial charge in [-0.2, -0.15) is 0 Å². The van der Waals surface area contributed by atoms with Crippen LogP contribution in [0.3, 0.4) is 0 Å². The molecular formula is C17H21NO3. The monoisotopic (exact) mass is 287 g/mol. The molecule has 2 aromatic rings. The summed E-state index contributed by atoms with van der Waals surface area (Å²) in [4.78, 5) is 12.6. The van der Waals surface area contributed by atoms with Crippen molar-refractivity contribution in [3.8, 4) is 5.75 Å². The molecule has 21 heavy (non-hydrogen) atoms. The highest BCUT2D eigenvalue weighted by Gasteiger charge is 2.21. The number of ether oxygens (including phenoxy) is 1. The van der Waals surface area contributed by atoms with E-state index in [9.17, 15) is 9.90 Å². The highest BCUT2D eigenvalue weighted by Crippen LogP contribution is 2.26. The summed E-state index contributed by atoms with van der Waals surface area (Å²) in [6, 6.07) is 8.65. The molecule has 1 aromatic heterocycles. The highest BCUT2D eigenvalue weighted by molar-refractivity contribution is 6.11. The van der Waals surface area contributed by atoms with Crippen LogP contribution in [0.4, 0.5) is 0 Å². The molecule has 4 heteroatoms. The first-order valence-electron chi connectivity index (χ1n) is 6.97. The zero-order valence-electron chi connectivity index (χ0n) is 12.9. The van der Waals surface area contributed by atoms with Gasteiger partial charge in [-0.1, -0.05) is 12.1 Å². The summed E-state index contributed by atoms with van der Waals surface area (Å²) in [6.07, 6.45) is 0. The Morgan fingerprint density at radius 1 is 1.29 bits per heavy atom. The number of rotatable bonds is 5. The molecule has 0 aliphatic carbocycles. The lowest BCUT2D eigenvalue weighted by Crippen LogP contribution is -2.14. The van der Waals surface area contributed by atoms with Crippen molar-refractivity contribution < 1.29 is 14.6 Å². The Hall–Kier alpha value is -2.07. The molecule has 1 unspecified atom stereocenters. The van der Waals surface area contributed by atoms with Crippen LogP contribution in [-0.2, 0) is 4.74 Å². The van der Waals surface area contributed by atoms with E-state index in [4.69, 9.17) is 4.74 Å². The molecule has 0 amide bonds. The zero-order valence-corrected chi connectivity index (χ0v) is 12.9. The fourth-order valence-electron chi connectivity index (χ4n) is 2.81. The lowest BCUT2D eigenvalue weighted by Gasteiger charge is -2.17. The van der Waals surface area contributed by atoms with E-state index < -0.39 is 0 Å². The smallest absolute Gasteiger partial charge is 0.198 e. The first kappa shape index (κ1) is 15.3. The number of para-hydroxylation sites is 1. The summed E-state index contributed by atoms with van der Waals surface area (Å²) < 4.78 is 7.29. The largest absolute Gasteiger partial charge is 0.507 e. The molecule has 0 aliphatic rings. The number of methoxy groups -OCH3 is 1. The van der Waals surface area contributed by atoms with Gasteiger partial charge in [-0.15, -0.1) is 0 Å². The number of nitrogens with zero attached hydrogens (tertiary/aromatic N) is 1. The standard InChI is InChI=1S/C17H21NO3/c1-11-9-15(13(3)18(11)12(2)10-21-4)17(20)14-7-5-6-8-16(14)19/h5-9,12,19H,10H2,1-4H3. The summed E-state index contributed by atoms with van der Waals surface area (Å²) in [5.74, 6) is -0.144. The van der Waals surface area contributed by atoms with E-state index in [0.717, 1.165) is 11.4 Å². The second-order valence-corrected chi connectivity index (χ2v) is 5.31. The summed E-state index contributed by atoms with van der Waals surface area (Å²) >= 11 is 0. The number of benzene rings is 1. The van der Waals surface area contributed by atoms with Crippen molar-refractivity contribution in [1.82, 2.24) is 4.57 Å². The fourth-order valence-corrected chi connectivity index (χ4v) is 2.81. The first-order chi connectivity index (χ1) is 9.97. The Kier molecular flexibility index (Phi) is 4.48. The maximum absolute atomic E-state index is 12.6. The molecule has 0 radical (unpaired) electrons. The molecule has 0 bridgehead atoms. The molecule has 0 saturated heterocycles. The van der Waals surface area contributed by atoms with E-state index in [0.29, 0.717) is 17.7 Å². The Morgan fingerprint density at radius 3 is 2.57 bits per heavy atom. The Morgan fingerprint density at radius 2 is 1.95 bits per heavy atom. The maximum atomic E-state index is 12.6. The average molecular weight is 287 g/mol. The van der Waals surface area contributed by atoms with Crippen LogP contribution in [0.25, 0.3) is 0 Å². The van der Waals surface area contributed by atoms with Crippen molar-refractivity contribution in [2.24, 2.45) is 0 Å². The van der Waals surface area contributed by atoms with Crippen molar-refractivity contribution >= 4 is 5.78 Å². The predicted octanol–water partition coefficient (Wildman–Crippen LogP) is 3.25. The SMILES string of the molecule is COCC(C)n1c(C)cc(C(=O)c2ccccc2O)c1C. The van der Waals surface area contributed by atoms with Crippen molar-refractivity contribution in [2.75, 3.05) is 13.7 Å². The van der Waals surface area contributed by atoms with E-state index in [1.165, 1.54) is 6.07 Å². The van der Waals surface area contributed by atoms with Crippen molar-refractivity contribution in [3.63, 3.8) is 0 Å². The Bertz CT molecular complexity index is 658. The van der Waals surface area contributed by atoms with Crippen LogP contribution in [0, 0.1) is 13.8 Å². The van der Waals surface area contributed by atoms with Crippen LogP contribution < -0.4 is 0 Å². The number of carbonyl (C=O) groups is 1. The molecule has 2 rings (SSSR count). The van der Waals surface area contributed by atoms with E-state index in [-0.39, 0.29) is 17.6 Å². The number of aromatic hydroxyl groups is 1. The Labute approximate surface area is 125 Å². The molecule has 1 heterocycles. The van der Waals surface area contributed by atoms with E-state index in [2.05, 4.69) is 11.5 Å². The number of hydrogen-bond donors (Lipinski definition) is 1. The van der Waals surface area contributed by atoms with Gasteiger partial charge in [0.15, 0.2) is 5.78 Å². The molecule has 112 valence electrons. The predicted molar refractivity (Wildman–Crippen MR) is 82.0 cm³/mol. The van der Waals surface area contributed by atoms with Gasteiger partial charge in [-0.3, -0.25) is 4.79 Å². The van der Waals surface area contributed by atoms with Crippen molar-refractivity contribution in [3.05, 3.63) is 52.8 Å². The second kappa shape index (κ2) is 6.14. The Balaban J connectivity index is 2.44. The van der Waals surface area contributed by atoms with Crippen molar-refractivity contribution in [1.29, 1.82) is 0 Å². The van der Waals surface area contributed by atoms with Crippen LogP contribution in [0.1, 0.15) is 40.3 Å². The van der Waals surface area contributed by atoms with Crippen LogP contribution in [-0.4, -0.2) is 29.2 Å². The topological polar surface area (TPSA) is 51.5 Å². The van der Waals surface area contributed by atoms with E-state index >= 15 is 0 Å². The molecule has 0 spiro atoms. The molecule has 4 nitrogen and oxygen atoms in total. The third-order valence-electron chi connectivity index (χ3n) is 3.73. The average Bonchev–Trinajstić information content (AvgIpc) is 2.74. The quantitative estimate of drug-likeness (QED) is 0.859. The molecular weight excluding hydrogens is 266 g/mol. The fraction of sp³-hybridized carbons (Fsp3) is 0.353. The lowest BCUT2D eigenvalue weighted by atomic mass is 10.0. The van der Waals surface area contributed by atoms with Gasteiger partial charge in [0, 0.05) is 24.1 Å². The molecule has 0 saturated carbocycles. The van der Waals surface area contributed by atoms with Gasteiger partial charge >= 0.3 is 0 Å². The van der Waals surface area contributed by atoms with Crippen molar-refractivity contribution in [2.45, 2.75) is 26.8 Å². The molecule has 0 aliphatic heterocycles. The minimum Gasteiger partial charge on any atom is -0.507 e. The number of ketones is 1. The van der Waals surface area contributed by atoms with Gasteiger partial charge in [-0.05, 0) is 39.0 Å². The lowest BCUT2D eigenvalue weighted by molar-refractivity contribution is 0.103. The van der Waals surface area contributed by atoms with Gasteiger partial charge in [0.1, 0.15) is 5.75 Å². The number of aromatic nitrogens is 1. The van der Waals surface area contributed by atoms with E-state index in [1.807, 2.05) is 19.9 Å². The number of carbonyl (C=O) groups excluding carboxylic acids is 1. The number of phenols is 1. The third kappa shape index (κ3) is 2.85. The molecule has 1 aromatic carbocycles. The van der Waals surface area contributed by atoms with Gasteiger partial charge in [0.2, 0.25) is 0 Å². The minimum absolute atomic E-state index is 0.0113. The highest BCUT2D eigenvalue weighted by atomic mass is 16.5. The summed E-state index contributed by atoms with van der Waals surface area (Å²) in [5.41, 5.74) is 2.86. The van der Waals surface area contributed by atoms with Crippen LogP contribution >= 0.6 is 0 Å². The number of aryl methyl sites for hydroxylation is 1. The van der Waals surface area contributed by atoms with Crippen LogP contribution in [0.5, 0.6) is 5.75 Å². The number of hydrogen-bond acceptors (Lipinski definition) is 3. The first-order valence-corrected chi connectivity index (χ1v) is 6.97. The van der Waals surface area contributed by atoms with Gasteiger partial charge in [0.05, 0.1) is 18.2 Å². The summed E-state index contributed by atoms with van der Waals surface area (Å²) in [7, 11) is 1.67. The second-order valence-electron chi connectivity index (χ2n) is 5.31. The minimum atomic E-state index is -0.155. The summed E-state index contributed by atoms with van der Waals surface area (Å²) in [5, 5.41) is 9.86. The van der Waals surface area contributed by atoms with Crippen LogP contribution in [0.2, 0.25) is 0 Å². The van der Waals surface area contributed by atoms with Gasteiger partial charge in [-0.25, -0.2) is 0 Å². The normalized spacial score (nSPS) is 12.4. The number of phenolic OH excluding ortho intramolecular Hbond substituents is 1. The summed E-state index contributed by atoms with van der Waals surface area (Å²) in [6.45, 7) is 6.53. The molecule has 1 N–H and O–H groups in total. The third-order valence-corrected chi connectivity index (χ3v) is 3.73. The van der Waals surface area contributed by atoms with E-state index in [1.54, 1.807) is 25.3 Å². The van der Waals surface area contributed by atoms with Crippen LogP contribution in [0.15, 0.2) is 30.3 Å². The maximum Gasteiger partial charge on any atom is 0.198 e.